The predicted octanol–water partition coefficient (Wildman–Crippen LogP) is 2.65. The Bertz CT molecular complexity index is 625. The molecule has 1 rings (SSSR count). The number of rotatable bonds is 7. The molecule has 0 aliphatic rings. The predicted molar refractivity (Wildman–Crippen MR) is 106 cm³/mol. The Kier molecular flexibility index (Phi) is 10.9. The first-order valence-electron chi connectivity index (χ1n) is 9.06. The summed E-state index contributed by atoms with van der Waals surface area (Å²) >= 11 is 0. The first-order valence-corrected chi connectivity index (χ1v) is 9.06. The summed E-state index contributed by atoms with van der Waals surface area (Å²) in [5.41, 5.74) is 5.68. The van der Waals surface area contributed by atoms with Crippen LogP contribution in [0.5, 0.6) is 0 Å². The smallest absolute Gasteiger partial charge is 0.408 e. The van der Waals surface area contributed by atoms with Crippen LogP contribution < -0.4 is 11.1 Å². The zero-order valence-electron chi connectivity index (χ0n) is 17.1. The van der Waals surface area contributed by atoms with E-state index in [9.17, 15) is 14.4 Å². The molecule has 0 aromatic heterocycles. The number of benzene rings is 1. The van der Waals surface area contributed by atoms with Gasteiger partial charge in [0.25, 0.3) is 0 Å². The first-order chi connectivity index (χ1) is 12.8. The van der Waals surface area contributed by atoms with Gasteiger partial charge in [-0.15, -0.1) is 0 Å². The average Bonchev–Trinajstić information content (AvgIpc) is 2.53. The van der Waals surface area contributed by atoms with E-state index < -0.39 is 35.7 Å². The summed E-state index contributed by atoms with van der Waals surface area (Å²) in [5.74, 6) is -1.81. The molecule has 2 atom stereocenters. The molecule has 0 heterocycles. The highest BCUT2D eigenvalue weighted by Gasteiger charge is 2.24. The van der Waals surface area contributed by atoms with Gasteiger partial charge in [0.05, 0.1) is 0 Å². The van der Waals surface area contributed by atoms with Crippen molar-refractivity contribution in [1.29, 1.82) is 0 Å². The topological polar surface area (TPSA) is 139 Å². The number of aliphatic carboxylic acids is 2. The van der Waals surface area contributed by atoms with Crippen LogP contribution >= 0.6 is 0 Å². The summed E-state index contributed by atoms with van der Waals surface area (Å²) < 4.78 is 4.99. The van der Waals surface area contributed by atoms with E-state index in [1.165, 1.54) is 0 Å². The van der Waals surface area contributed by atoms with Crippen LogP contribution in [0.2, 0.25) is 0 Å². The summed E-state index contributed by atoms with van der Waals surface area (Å²) in [4.78, 5) is 32.6. The number of carbonyl (C=O) groups is 3. The van der Waals surface area contributed by atoms with Crippen molar-refractivity contribution < 1.29 is 29.3 Å². The zero-order valence-corrected chi connectivity index (χ0v) is 17.1. The maximum absolute atomic E-state index is 11.4. The van der Waals surface area contributed by atoms with Crippen LogP contribution in [-0.2, 0) is 20.7 Å². The number of nitrogens with one attached hydrogen (secondary N) is 1. The van der Waals surface area contributed by atoms with Crippen molar-refractivity contribution in [1.82, 2.24) is 5.32 Å². The number of alkyl carbamates (subject to hydrolysis) is 1. The van der Waals surface area contributed by atoms with E-state index in [1.54, 1.807) is 20.8 Å². The second-order valence-corrected chi connectivity index (χ2v) is 7.80. The Labute approximate surface area is 166 Å². The summed E-state index contributed by atoms with van der Waals surface area (Å²) in [7, 11) is 0. The van der Waals surface area contributed by atoms with Crippen molar-refractivity contribution in [2.45, 2.75) is 65.1 Å². The molecule has 0 radical (unpaired) electrons. The normalized spacial score (nSPS) is 13.0. The maximum atomic E-state index is 11.4. The van der Waals surface area contributed by atoms with Crippen LogP contribution in [0.4, 0.5) is 4.79 Å². The third kappa shape index (κ3) is 12.7. The number of carboxylic acids is 2. The average molecular weight is 396 g/mol. The molecule has 1 aromatic rings. The number of hydrogen-bond donors (Lipinski definition) is 4. The molecule has 0 aliphatic carbocycles. The second-order valence-electron chi connectivity index (χ2n) is 7.80. The van der Waals surface area contributed by atoms with Gasteiger partial charge in [0.2, 0.25) is 0 Å². The van der Waals surface area contributed by atoms with Gasteiger partial charge in [0.15, 0.2) is 0 Å². The van der Waals surface area contributed by atoms with Crippen molar-refractivity contribution in [3.05, 3.63) is 35.9 Å². The number of ether oxygens (including phenoxy) is 1. The third-order valence-electron chi connectivity index (χ3n) is 3.31. The largest absolute Gasteiger partial charge is 0.480 e. The van der Waals surface area contributed by atoms with Gasteiger partial charge in [0, 0.05) is 0 Å². The van der Waals surface area contributed by atoms with Gasteiger partial charge in [-0.3, -0.25) is 4.79 Å². The van der Waals surface area contributed by atoms with Crippen molar-refractivity contribution in [3.63, 3.8) is 0 Å². The van der Waals surface area contributed by atoms with Crippen LogP contribution in [0, 0.1) is 5.92 Å². The third-order valence-corrected chi connectivity index (χ3v) is 3.31. The Hall–Kier alpha value is -2.61. The molecule has 8 heteroatoms. The lowest BCUT2D eigenvalue weighted by molar-refractivity contribution is -0.140. The van der Waals surface area contributed by atoms with E-state index in [0.717, 1.165) is 5.56 Å². The molecule has 0 aliphatic heterocycles. The van der Waals surface area contributed by atoms with Crippen LogP contribution in [0.1, 0.15) is 46.6 Å². The Morgan fingerprint density at radius 1 is 1.07 bits per heavy atom. The SMILES string of the molecule is CC(C)C[C@H](NC(=O)OC(C)(C)C)C(=O)O.N[C@@H](Cc1ccccc1)C(=O)O. The molecule has 0 saturated carbocycles. The number of carboxylic acid groups (broad SMARTS) is 2. The molecule has 8 nitrogen and oxygen atoms in total. The number of nitrogens with two attached hydrogens (primary N) is 1. The maximum Gasteiger partial charge on any atom is 0.408 e. The molecule has 28 heavy (non-hydrogen) atoms. The van der Waals surface area contributed by atoms with Crippen LogP contribution in [0.3, 0.4) is 0 Å². The minimum absolute atomic E-state index is 0.191. The fourth-order valence-corrected chi connectivity index (χ4v) is 2.10. The monoisotopic (exact) mass is 396 g/mol. The molecule has 1 amide bonds. The van der Waals surface area contributed by atoms with E-state index in [1.807, 2.05) is 44.2 Å². The lowest BCUT2D eigenvalue weighted by Crippen LogP contribution is -2.44. The minimum Gasteiger partial charge on any atom is -0.480 e. The van der Waals surface area contributed by atoms with Crippen LogP contribution in [-0.4, -0.2) is 45.9 Å². The summed E-state index contributed by atoms with van der Waals surface area (Å²) in [5, 5.41) is 19.8. The van der Waals surface area contributed by atoms with Gasteiger partial charge >= 0.3 is 18.0 Å². The Morgan fingerprint density at radius 3 is 2.00 bits per heavy atom. The lowest BCUT2D eigenvalue weighted by atomic mass is 10.0. The first kappa shape index (κ1) is 25.4. The number of carbonyl (C=O) groups excluding carboxylic acids is 1. The second kappa shape index (κ2) is 12.0. The van der Waals surface area contributed by atoms with Crippen molar-refractivity contribution in [2.75, 3.05) is 0 Å². The number of amides is 1. The van der Waals surface area contributed by atoms with Crippen LogP contribution in [0.25, 0.3) is 0 Å². The quantitative estimate of drug-likeness (QED) is 0.555. The fraction of sp³-hybridized carbons (Fsp3) is 0.550. The highest BCUT2D eigenvalue weighted by molar-refractivity contribution is 5.80. The molecule has 0 fully saturated rings. The van der Waals surface area contributed by atoms with Gasteiger partial charge in [0.1, 0.15) is 17.7 Å². The zero-order chi connectivity index (χ0) is 21.9. The van der Waals surface area contributed by atoms with Gasteiger partial charge in [-0.2, -0.15) is 0 Å². The van der Waals surface area contributed by atoms with Gasteiger partial charge in [-0.05, 0) is 45.1 Å². The highest BCUT2D eigenvalue weighted by Crippen LogP contribution is 2.09. The summed E-state index contributed by atoms with van der Waals surface area (Å²) in [6.45, 7) is 8.97. The van der Waals surface area contributed by atoms with E-state index in [-0.39, 0.29) is 5.92 Å². The van der Waals surface area contributed by atoms with E-state index in [2.05, 4.69) is 5.32 Å². The molecule has 0 saturated heterocycles. The molecule has 0 spiro atoms. The molecular weight excluding hydrogens is 364 g/mol. The minimum atomic E-state index is -1.04. The molecule has 5 N–H and O–H groups in total. The number of hydrogen-bond acceptors (Lipinski definition) is 5. The van der Waals surface area contributed by atoms with Gasteiger partial charge < -0.3 is 26.0 Å². The molecule has 158 valence electrons. The highest BCUT2D eigenvalue weighted by atomic mass is 16.6. The van der Waals surface area contributed by atoms with Gasteiger partial charge in [-0.25, -0.2) is 9.59 Å². The van der Waals surface area contributed by atoms with E-state index in [0.29, 0.717) is 12.8 Å². The Morgan fingerprint density at radius 2 is 1.61 bits per heavy atom. The fourth-order valence-electron chi connectivity index (χ4n) is 2.10. The molecule has 0 bridgehead atoms. The van der Waals surface area contributed by atoms with Crippen LogP contribution in [0.15, 0.2) is 30.3 Å². The summed E-state index contributed by atoms with van der Waals surface area (Å²) in [6.07, 6.45) is 0.0747. The van der Waals surface area contributed by atoms with Crippen molar-refractivity contribution in [3.8, 4) is 0 Å². The van der Waals surface area contributed by atoms with E-state index >= 15 is 0 Å². The molecule has 1 aromatic carbocycles. The standard InChI is InChI=1S/C11H21NO4.C9H11NO2/c1-7(2)6-8(9(13)14)12-10(15)16-11(3,4)5;10-8(9(11)12)6-7-4-2-1-3-5-7/h7-8H,6H2,1-5H3,(H,12,15)(H,13,14);1-5,8H,6,10H2,(H,11,12)/t2*8-/m00/s1. The lowest BCUT2D eigenvalue weighted by Gasteiger charge is -2.22. The van der Waals surface area contributed by atoms with Crippen molar-refractivity contribution >= 4 is 18.0 Å². The van der Waals surface area contributed by atoms with E-state index in [4.69, 9.17) is 20.7 Å². The van der Waals surface area contributed by atoms with Gasteiger partial charge in [-0.1, -0.05) is 44.2 Å². The molecule has 0 unspecified atom stereocenters. The summed E-state index contributed by atoms with van der Waals surface area (Å²) in [6, 6.07) is 7.65. The molecular formula is C20H32N2O6. The van der Waals surface area contributed by atoms with Crippen molar-refractivity contribution in [2.24, 2.45) is 11.7 Å². The Balaban J connectivity index is 0.000000540.